The first kappa shape index (κ1) is 23.2. The van der Waals surface area contributed by atoms with Gasteiger partial charge in [0.15, 0.2) is 9.84 Å². The van der Waals surface area contributed by atoms with E-state index in [9.17, 15) is 22.4 Å². The Morgan fingerprint density at radius 2 is 1.74 bits per heavy atom. The Labute approximate surface area is 195 Å². The predicted octanol–water partition coefficient (Wildman–Crippen LogP) is 3.69. The van der Waals surface area contributed by atoms with E-state index in [0.29, 0.717) is 0 Å². The van der Waals surface area contributed by atoms with Crippen LogP contribution in [0.5, 0.6) is 0 Å². The molecule has 1 heterocycles. The van der Waals surface area contributed by atoms with Gasteiger partial charge in [0.1, 0.15) is 11.9 Å². The van der Waals surface area contributed by atoms with Crippen molar-refractivity contribution in [2.45, 2.75) is 17.4 Å². The number of aromatic amines is 1. The van der Waals surface area contributed by atoms with Crippen molar-refractivity contribution in [3.63, 3.8) is 0 Å². The van der Waals surface area contributed by atoms with Crippen LogP contribution in [0, 0.1) is 5.82 Å². The van der Waals surface area contributed by atoms with Crippen molar-refractivity contribution in [2.75, 3.05) is 11.6 Å². The molecular weight excluding hydrogens is 457 g/mol. The molecule has 3 N–H and O–H groups in total. The van der Waals surface area contributed by atoms with Gasteiger partial charge in [0.25, 0.3) is 5.91 Å². The standard InChI is InChI=1S/C25H22FN3O4S/c1-34(32,33)20-6-4-5-19(14-20)28-25(31)23(29-24(30)16-9-11-18(26)12-10-16)13-17-15-27-22-8-3-2-7-21(17)22/h2-12,14-15,23,27H,13H2,1H3,(H,28,31)(H,29,30). The maximum absolute atomic E-state index is 13.3. The quantitative estimate of drug-likeness (QED) is 0.376. The fourth-order valence-corrected chi connectivity index (χ4v) is 4.27. The zero-order valence-electron chi connectivity index (χ0n) is 18.2. The number of fused-ring (bicyclic) bond motifs is 1. The number of para-hydroxylation sites is 1. The van der Waals surface area contributed by atoms with Crippen LogP contribution in [0.25, 0.3) is 10.9 Å². The molecule has 4 rings (SSSR count). The lowest BCUT2D eigenvalue weighted by molar-refractivity contribution is -0.118. The number of aromatic nitrogens is 1. The molecule has 2 amide bonds. The molecule has 0 aliphatic heterocycles. The van der Waals surface area contributed by atoms with Gasteiger partial charge in [-0.2, -0.15) is 0 Å². The molecule has 34 heavy (non-hydrogen) atoms. The Hall–Kier alpha value is -3.98. The van der Waals surface area contributed by atoms with Crippen molar-refractivity contribution in [1.82, 2.24) is 10.3 Å². The van der Waals surface area contributed by atoms with Gasteiger partial charge in [0, 0.05) is 41.0 Å². The number of amides is 2. The summed E-state index contributed by atoms with van der Waals surface area (Å²) in [5.74, 6) is -1.54. The van der Waals surface area contributed by atoms with Crippen molar-refractivity contribution in [3.8, 4) is 0 Å². The Morgan fingerprint density at radius 3 is 2.47 bits per heavy atom. The molecule has 1 atom stereocenters. The summed E-state index contributed by atoms with van der Waals surface area (Å²) in [7, 11) is -3.46. The topological polar surface area (TPSA) is 108 Å². The van der Waals surface area contributed by atoms with Crippen molar-refractivity contribution >= 4 is 38.2 Å². The SMILES string of the molecule is CS(=O)(=O)c1cccc(NC(=O)C(Cc2c[nH]c3ccccc23)NC(=O)c2ccc(F)cc2)c1. The molecule has 0 aliphatic rings. The van der Waals surface area contributed by atoms with E-state index < -0.39 is 33.5 Å². The van der Waals surface area contributed by atoms with Gasteiger partial charge in [0.05, 0.1) is 4.90 Å². The van der Waals surface area contributed by atoms with Crippen LogP contribution in [0.15, 0.2) is 83.9 Å². The summed E-state index contributed by atoms with van der Waals surface area (Å²) >= 11 is 0. The minimum Gasteiger partial charge on any atom is -0.361 e. The van der Waals surface area contributed by atoms with Gasteiger partial charge in [-0.05, 0) is 54.1 Å². The van der Waals surface area contributed by atoms with E-state index >= 15 is 0 Å². The molecule has 3 aromatic carbocycles. The van der Waals surface area contributed by atoms with Crippen LogP contribution in [0.3, 0.4) is 0 Å². The van der Waals surface area contributed by atoms with E-state index in [1.54, 1.807) is 12.3 Å². The van der Waals surface area contributed by atoms with Gasteiger partial charge >= 0.3 is 0 Å². The van der Waals surface area contributed by atoms with Gasteiger partial charge in [0.2, 0.25) is 5.91 Å². The third kappa shape index (κ3) is 5.32. The monoisotopic (exact) mass is 479 g/mol. The lowest BCUT2D eigenvalue weighted by Gasteiger charge is -2.19. The number of hydrogen-bond acceptors (Lipinski definition) is 4. The molecule has 0 bridgehead atoms. The van der Waals surface area contributed by atoms with Crippen LogP contribution in [-0.2, 0) is 21.1 Å². The predicted molar refractivity (Wildman–Crippen MR) is 128 cm³/mol. The molecular formula is C25H22FN3O4S. The fraction of sp³-hybridized carbons (Fsp3) is 0.120. The number of halogens is 1. The second kappa shape index (κ2) is 9.48. The van der Waals surface area contributed by atoms with Gasteiger partial charge in [-0.25, -0.2) is 12.8 Å². The Kier molecular flexibility index (Phi) is 6.47. The first-order valence-electron chi connectivity index (χ1n) is 10.4. The van der Waals surface area contributed by atoms with Crippen molar-refractivity contribution < 1.29 is 22.4 Å². The molecule has 1 aromatic heterocycles. The number of anilines is 1. The van der Waals surface area contributed by atoms with Crippen LogP contribution in [0.2, 0.25) is 0 Å². The van der Waals surface area contributed by atoms with Gasteiger partial charge in [-0.1, -0.05) is 24.3 Å². The first-order chi connectivity index (χ1) is 16.2. The van der Waals surface area contributed by atoms with E-state index in [0.717, 1.165) is 22.7 Å². The van der Waals surface area contributed by atoms with Crippen LogP contribution >= 0.6 is 0 Å². The van der Waals surface area contributed by atoms with Crippen LogP contribution in [0.4, 0.5) is 10.1 Å². The van der Waals surface area contributed by atoms with E-state index in [4.69, 9.17) is 0 Å². The summed E-state index contributed by atoms with van der Waals surface area (Å²) in [4.78, 5) is 29.2. The highest BCUT2D eigenvalue weighted by Crippen LogP contribution is 2.21. The lowest BCUT2D eigenvalue weighted by atomic mass is 10.0. The molecule has 9 heteroatoms. The zero-order valence-corrected chi connectivity index (χ0v) is 19.0. The van der Waals surface area contributed by atoms with E-state index in [-0.39, 0.29) is 22.6 Å². The Bertz CT molecular complexity index is 1460. The van der Waals surface area contributed by atoms with Crippen molar-refractivity contribution in [3.05, 3.63) is 95.9 Å². The van der Waals surface area contributed by atoms with E-state index in [2.05, 4.69) is 15.6 Å². The largest absolute Gasteiger partial charge is 0.361 e. The van der Waals surface area contributed by atoms with Crippen molar-refractivity contribution in [1.29, 1.82) is 0 Å². The third-order valence-corrected chi connectivity index (χ3v) is 6.47. The number of rotatable bonds is 7. The number of hydrogen-bond donors (Lipinski definition) is 3. The molecule has 174 valence electrons. The van der Waals surface area contributed by atoms with E-state index in [1.165, 1.54) is 42.5 Å². The number of sulfone groups is 1. The molecule has 0 radical (unpaired) electrons. The smallest absolute Gasteiger partial charge is 0.251 e. The van der Waals surface area contributed by atoms with Gasteiger partial charge in [-0.15, -0.1) is 0 Å². The van der Waals surface area contributed by atoms with Gasteiger partial charge < -0.3 is 15.6 Å². The molecule has 4 aromatic rings. The maximum atomic E-state index is 13.3. The second-order valence-corrected chi connectivity index (χ2v) is 9.90. The average Bonchev–Trinajstić information content (AvgIpc) is 3.21. The third-order valence-electron chi connectivity index (χ3n) is 5.36. The number of carbonyl (C=O) groups is 2. The second-order valence-electron chi connectivity index (χ2n) is 7.89. The number of nitrogens with one attached hydrogen (secondary N) is 3. The minimum atomic E-state index is -3.46. The highest BCUT2D eigenvalue weighted by Gasteiger charge is 2.24. The normalized spacial score (nSPS) is 12.3. The molecule has 0 saturated carbocycles. The highest BCUT2D eigenvalue weighted by atomic mass is 32.2. The Morgan fingerprint density at radius 1 is 1.00 bits per heavy atom. The molecule has 7 nitrogen and oxygen atoms in total. The highest BCUT2D eigenvalue weighted by molar-refractivity contribution is 7.90. The number of benzene rings is 3. The number of H-pyrrole nitrogens is 1. The minimum absolute atomic E-state index is 0.0637. The summed E-state index contributed by atoms with van der Waals surface area (Å²) in [5.41, 5.74) is 2.20. The maximum Gasteiger partial charge on any atom is 0.251 e. The average molecular weight is 480 g/mol. The summed E-state index contributed by atoms with van der Waals surface area (Å²) in [6.07, 6.45) is 3.03. The molecule has 0 saturated heterocycles. The summed E-state index contributed by atoms with van der Waals surface area (Å²) in [5, 5.41) is 6.32. The zero-order chi connectivity index (χ0) is 24.3. The lowest BCUT2D eigenvalue weighted by Crippen LogP contribution is -2.45. The van der Waals surface area contributed by atoms with Crippen molar-refractivity contribution in [2.24, 2.45) is 0 Å². The fourth-order valence-electron chi connectivity index (χ4n) is 3.61. The molecule has 0 aliphatic carbocycles. The summed E-state index contributed by atoms with van der Waals surface area (Å²) in [6, 6.07) is 17.5. The molecule has 1 unspecified atom stereocenters. The number of carbonyl (C=O) groups excluding carboxylic acids is 2. The Balaban J connectivity index is 1.61. The first-order valence-corrected chi connectivity index (χ1v) is 12.3. The molecule has 0 spiro atoms. The molecule has 0 fully saturated rings. The van der Waals surface area contributed by atoms with Crippen LogP contribution < -0.4 is 10.6 Å². The van der Waals surface area contributed by atoms with E-state index in [1.807, 2.05) is 24.3 Å². The van der Waals surface area contributed by atoms with Gasteiger partial charge in [-0.3, -0.25) is 9.59 Å². The summed E-state index contributed by atoms with van der Waals surface area (Å²) < 4.78 is 37.0. The van der Waals surface area contributed by atoms with Crippen LogP contribution in [-0.4, -0.2) is 37.5 Å². The van der Waals surface area contributed by atoms with Crippen LogP contribution in [0.1, 0.15) is 15.9 Å². The summed E-state index contributed by atoms with van der Waals surface area (Å²) in [6.45, 7) is 0.